The number of nitrogens with one attached hydrogen (secondary N) is 4. The molecule has 0 bridgehead atoms. The molecule has 58 heavy (non-hydrogen) atoms. The first-order chi connectivity index (χ1) is 28.1. The van der Waals surface area contributed by atoms with Crippen LogP contribution >= 0.6 is 0 Å². The third-order valence-corrected chi connectivity index (χ3v) is 10.6. The molecule has 0 radical (unpaired) electrons. The van der Waals surface area contributed by atoms with E-state index in [4.69, 9.17) is 0 Å². The highest BCUT2D eigenvalue weighted by Gasteiger charge is 2.45. The maximum Gasteiger partial charge on any atom is 0.255 e. The van der Waals surface area contributed by atoms with E-state index in [0.717, 1.165) is 16.8 Å². The number of amides is 3. The van der Waals surface area contributed by atoms with Crippen molar-refractivity contribution in [1.82, 2.24) is 0 Å². The molecule has 0 aliphatic heterocycles. The van der Waals surface area contributed by atoms with E-state index in [-0.39, 0.29) is 39.8 Å². The largest absolute Gasteiger partial charge is 0.506 e. The van der Waals surface area contributed by atoms with Crippen LogP contribution in [0.25, 0.3) is 11.1 Å². The van der Waals surface area contributed by atoms with Gasteiger partial charge in [-0.25, -0.2) is 0 Å². The van der Waals surface area contributed by atoms with E-state index in [0.29, 0.717) is 16.9 Å². The van der Waals surface area contributed by atoms with Gasteiger partial charge in [0.05, 0.1) is 11.1 Å². The molecule has 0 saturated heterocycles. The fraction of sp³-hybridized carbons (Fsp3) is 0.0612. The second-order valence-electron chi connectivity index (χ2n) is 14.1. The molecule has 9 nitrogen and oxygen atoms in total. The van der Waals surface area contributed by atoms with Crippen LogP contribution in [0, 0.1) is 0 Å². The number of Topliss-reactive ketones (excluding diaryl/α,β-unsaturated/α-hetero) is 1. The standard InChI is InChI=1S/C49H38N4O5/c1-30(54)31-9-7-10-32(27-31)48(58)53-44-29-39(25-26-45(44)55)52-47(57)34-12-8-11-33(28-34)46(56)51-38-23-19-36(20-24-38)49(35-17-21-37(50-2)22-18-35)42-15-5-3-13-40(42)41-14-4-6-16-43(41)49/h3-29,50,55H,1-2H3,(H,51,56)(H,52,57)(H,53,58). The average molecular weight is 763 g/mol. The third kappa shape index (κ3) is 6.86. The molecule has 0 spiro atoms. The highest BCUT2D eigenvalue weighted by Crippen LogP contribution is 2.56. The smallest absolute Gasteiger partial charge is 0.255 e. The van der Waals surface area contributed by atoms with Gasteiger partial charge in [-0.2, -0.15) is 0 Å². The van der Waals surface area contributed by atoms with Crippen LogP contribution in [0.2, 0.25) is 0 Å². The van der Waals surface area contributed by atoms with Gasteiger partial charge in [0.2, 0.25) is 0 Å². The quantitative estimate of drug-likeness (QED) is 0.0535. The summed E-state index contributed by atoms with van der Waals surface area (Å²) in [5.41, 5.74) is 9.43. The Morgan fingerprint density at radius 1 is 0.466 bits per heavy atom. The fourth-order valence-electron chi connectivity index (χ4n) is 7.71. The molecule has 3 amide bonds. The molecule has 9 heteroatoms. The highest BCUT2D eigenvalue weighted by atomic mass is 16.3. The summed E-state index contributed by atoms with van der Waals surface area (Å²) < 4.78 is 0. The summed E-state index contributed by atoms with van der Waals surface area (Å²) >= 11 is 0. The summed E-state index contributed by atoms with van der Waals surface area (Å²) in [6.07, 6.45) is 0. The van der Waals surface area contributed by atoms with Gasteiger partial charge in [-0.15, -0.1) is 0 Å². The average Bonchev–Trinajstić information content (AvgIpc) is 3.56. The lowest BCUT2D eigenvalue weighted by molar-refractivity contribution is 0.100. The first-order valence-corrected chi connectivity index (χ1v) is 18.7. The van der Waals surface area contributed by atoms with Crippen LogP contribution in [0.1, 0.15) is 70.6 Å². The highest BCUT2D eigenvalue weighted by molar-refractivity contribution is 6.10. The lowest BCUT2D eigenvalue weighted by atomic mass is 9.67. The summed E-state index contributed by atoms with van der Waals surface area (Å²) in [6, 6.07) is 50.3. The fourth-order valence-corrected chi connectivity index (χ4v) is 7.71. The van der Waals surface area contributed by atoms with Crippen LogP contribution in [0.15, 0.2) is 164 Å². The van der Waals surface area contributed by atoms with Gasteiger partial charge < -0.3 is 26.4 Å². The van der Waals surface area contributed by atoms with E-state index in [1.54, 1.807) is 36.4 Å². The van der Waals surface area contributed by atoms with E-state index in [1.807, 2.05) is 19.2 Å². The van der Waals surface area contributed by atoms with E-state index >= 15 is 0 Å². The normalized spacial score (nSPS) is 12.1. The van der Waals surface area contributed by atoms with Crippen LogP contribution < -0.4 is 21.3 Å². The Morgan fingerprint density at radius 3 is 1.45 bits per heavy atom. The summed E-state index contributed by atoms with van der Waals surface area (Å²) in [7, 11) is 1.90. The number of hydrogen-bond donors (Lipinski definition) is 5. The van der Waals surface area contributed by atoms with Crippen molar-refractivity contribution in [3.63, 3.8) is 0 Å². The van der Waals surface area contributed by atoms with Gasteiger partial charge in [-0.1, -0.05) is 91.0 Å². The van der Waals surface area contributed by atoms with Crippen LogP contribution in [-0.4, -0.2) is 35.7 Å². The lowest BCUT2D eigenvalue weighted by Crippen LogP contribution is -2.28. The lowest BCUT2D eigenvalue weighted by Gasteiger charge is -2.34. The molecule has 0 atom stereocenters. The number of phenolic OH excluding ortho intramolecular Hbond substituents is 1. The topological polar surface area (TPSA) is 137 Å². The molecule has 7 aromatic carbocycles. The number of phenols is 1. The number of rotatable bonds is 10. The Morgan fingerprint density at radius 2 is 0.914 bits per heavy atom. The van der Waals surface area contributed by atoms with Gasteiger partial charge in [-0.3, -0.25) is 19.2 Å². The second-order valence-corrected chi connectivity index (χ2v) is 14.1. The SMILES string of the molecule is CNc1ccc(C2(c3ccc(NC(=O)c4cccc(C(=O)Nc5ccc(O)c(NC(=O)c6cccc(C(C)=O)c6)c5)c4)cc3)c3ccccc3-c3ccccc32)cc1. The van der Waals surface area contributed by atoms with Gasteiger partial charge in [0.1, 0.15) is 5.75 Å². The number of carbonyl (C=O) groups excluding carboxylic acids is 4. The van der Waals surface area contributed by atoms with Crippen molar-refractivity contribution in [3.8, 4) is 16.9 Å². The van der Waals surface area contributed by atoms with Crippen LogP contribution in [0.4, 0.5) is 22.7 Å². The zero-order valence-corrected chi connectivity index (χ0v) is 31.7. The molecule has 0 saturated carbocycles. The Kier molecular flexibility index (Phi) is 9.86. The molecule has 8 rings (SSSR count). The van der Waals surface area contributed by atoms with E-state index < -0.39 is 17.2 Å². The molecule has 0 heterocycles. The molecule has 0 unspecified atom stereocenters. The van der Waals surface area contributed by atoms with Gasteiger partial charge in [0, 0.05) is 46.4 Å². The van der Waals surface area contributed by atoms with Crippen LogP contribution in [0.3, 0.4) is 0 Å². The summed E-state index contributed by atoms with van der Waals surface area (Å²) in [6.45, 7) is 1.41. The number of benzene rings is 7. The zero-order valence-electron chi connectivity index (χ0n) is 31.7. The summed E-state index contributed by atoms with van der Waals surface area (Å²) in [5, 5.41) is 22.1. The van der Waals surface area contributed by atoms with Crippen molar-refractivity contribution in [3.05, 3.63) is 208 Å². The number of carbonyl (C=O) groups is 4. The molecule has 284 valence electrons. The summed E-state index contributed by atoms with van der Waals surface area (Å²) in [4.78, 5) is 51.7. The maximum absolute atomic E-state index is 13.6. The van der Waals surface area contributed by atoms with E-state index in [2.05, 4.69) is 106 Å². The van der Waals surface area contributed by atoms with Crippen molar-refractivity contribution in [2.24, 2.45) is 0 Å². The molecule has 1 aliphatic carbocycles. The van der Waals surface area contributed by atoms with Gasteiger partial charge in [0.15, 0.2) is 5.78 Å². The predicted octanol–water partition coefficient (Wildman–Crippen LogP) is 9.76. The summed E-state index contributed by atoms with van der Waals surface area (Å²) in [5.74, 6) is -1.82. The molecular weight excluding hydrogens is 725 g/mol. The Balaban J connectivity index is 1.01. The minimum Gasteiger partial charge on any atom is -0.506 e. The van der Waals surface area contributed by atoms with Gasteiger partial charge in [-0.05, 0) is 113 Å². The Hall–Kier alpha value is -7.78. The van der Waals surface area contributed by atoms with Crippen molar-refractivity contribution < 1.29 is 24.3 Å². The number of fused-ring (bicyclic) bond motifs is 3. The third-order valence-electron chi connectivity index (χ3n) is 10.6. The molecule has 0 aromatic heterocycles. The van der Waals surface area contributed by atoms with Crippen molar-refractivity contribution in [2.75, 3.05) is 28.3 Å². The van der Waals surface area contributed by atoms with Crippen molar-refractivity contribution in [2.45, 2.75) is 12.3 Å². The van der Waals surface area contributed by atoms with Crippen LogP contribution in [0.5, 0.6) is 5.75 Å². The van der Waals surface area contributed by atoms with Crippen molar-refractivity contribution >= 4 is 46.3 Å². The number of hydrogen-bond acceptors (Lipinski definition) is 6. The molecule has 0 fully saturated rings. The molecule has 1 aliphatic rings. The zero-order chi connectivity index (χ0) is 40.4. The van der Waals surface area contributed by atoms with Gasteiger partial charge >= 0.3 is 0 Å². The molecule has 5 N–H and O–H groups in total. The Bertz CT molecular complexity index is 2700. The molecule has 7 aromatic rings. The van der Waals surface area contributed by atoms with E-state index in [9.17, 15) is 24.3 Å². The minimum atomic E-state index is -0.588. The first kappa shape index (κ1) is 37.2. The molecular formula is C49H38N4O5. The van der Waals surface area contributed by atoms with Crippen molar-refractivity contribution in [1.29, 1.82) is 0 Å². The van der Waals surface area contributed by atoms with Crippen LogP contribution in [-0.2, 0) is 5.41 Å². The number of ketones is 1. The first-order valence-electron chi connectivity index (χ1n) is 18.7. The Labute approximate surface area is 335 Å². The number of anilines is 4. The van der Waals surface area contributed by atoms with Gasteiger partial charge in [0.25, 0.3) is 17.7 Å². The minimum absolute atomic E-state index is 0.0640. The predicted molar refractivity (Wildman–Crippen MR) is 228 cm³/mol. The maximum atomic E-state index is 13.6. The van der Waals surface area contributed by atoms with E-state index in [1.165, 1.54) is 59.5 Å². The second kappa shape index (κ2) is 15.4. The number of aromatic hydroxyl groups is 1. The monoisotopic (exact) mass is 762 g/mol.